The van der Waals surface area contributed by atoms with Gasteiger partial charge in [0, 0.05) is 15.7 Å². The van der Waals surface area contributed by atoms with Crippen molar-refractivity contribution in [3.8, 4) is 5.75 Å². The number of esters is 1. The first-order chi connectivity index (χ1) is 13.9. The van der Waals surface area contributed by atoms with Gasteiger partial charge in [0.05, 0.1) is 24.4 Å². The molecule has 0 radical (unpaired) electrons. The number of ether oxygens (including phenoxy) is 2. The number of rotatable bonds is 6. The predicted molar refractivity (Wildman–Crippen MR) is 116 cm³/mol. The minimum atomic E-state index is -0.413. The van der Waals surface area contributed by atoms with Crippen molar-refractivity contribution in [2.75, 3.05) is 14.2 Å². The maximum Gasteiger partial charge on any atom is 0.325 e. The van der Waals surface area contributed by atoms with Crippen molar-refractivity contribution < 1.29 is 19.1 Å². The monoisotopic (exact) mass is 430 g/mol. The number of thioether (sulfide) groups is 1. The lowest BCUT2D eigenvalue weighted by atomic mass is 10.2. The maximum atomic E-state index is 12.7. The first-order valence-corrected chi connectivity index (χ1v) is 10.7. The van der Waals surface area contributed by atoms with Crippen LogP contribution in [0, 0.1) is 0 Å². The fourth-order valence-corrected chi connectivity index (χ4v) is 4.61. The summed E-state index contributed by atoms with van der Waals surface area (Å²) in [5.41, 5.74) is 1.29. The van der Waals surface area contributed by atoms with E-state index in [1.54, 1.807) is 41.6 Å². The number of thiazole rings is 1. The molecule has 0 spiro atoms. The summed E-state index contributed by atoms with van der Waals surface area (Å²) in [4.78, 5) is 30.4. The van der Waals surface area contributed by atoms with Gasteiger partial charge in [0.1, 0.15) is 12.3 Å². The lowest BCUT2D eigenvalue weighted by molar-refractivity contribution is -0.141. The number of hydrogen-bond donors (Lipinski definition) is 0. The first-order valence-electron chi connectivity index (χ1n) is 9.01. The zero-order valence-electron chi connectivity index (χ0n) is 16.7. The fourth-order valence-electron chi connectivity index (χ4n) is 2.71. The SMILES string of the molecule is COC(=O)Cn1c(=NC(=O)c2ccc(SC(C)C)cc2)sc2cc(OC)ccc21. The van der Waals surface area contributed by atoms with Crippen molar-refractivity contribution >= 4 is 45.2 Å². The molecule has 0 atom stereocenters. The molecule has 0 fully saturated rings. The summed E-state index contributed by atoms with van der Waals surface area (Å²) in [6.45, 7) is 4.21. The number of amides is 1. The summed E-state index contributed by atoms with van der Waals surface area (Å²) < 4.78 is 12.6. The van der Waals surface area contributed by atoms with Crippen LogP contribution >= 0.6 is 23.1 Å². The second-order valence-electron chi connectivity index (χ2n) is 6.49. The molecule has 1 aromatic heterocycles. The molecule has 6 nitrogen and oxygen atoms in total. The van der Waals surface area contributed by atoms with Crippen LogP contribution in [-0.4, -0.2) is 35.9 Å². The Kier molecular flexibility index (Phi) is 6.76. The second kappa shape index (κ2) is 9.28. The van der Waals surface area contributed by atoms with Crippen LogP contribution in [0.15, 0.2) is 52.4 Å². The van der Waals surface area contributed by atoms with Crippen LogP contribution < -0.4 is 9.54 Å². The smallest absolute Gasteiger partial charge is 0.325 e. The molecule has 29 heavy (non-hydrogen) atoms. The molecule has 152 valence electrons. The van der Waals surface area contributed by atoms with Crippen molar-refractivity contribution in [1.82, 2.24) is 4.57 Å². The van der Waals surface area contributed by atoms with E-state index in [1.165, 1.54) is 18.4 Å². The highest BCUT2D eigenvalue weighted by Crippen LogP contribution is 2.24. The van der Waals surface area contributed by atoms with Crippen LogP contribution in [-0.2, 0) is 16.1 Å². The molecule has 0 aliphatic rings. The Balaban J connectivity index is 2.02. The van der Waals surface area contributed by atoms with E-state index in [0.29, 0.717) is 21.4 Å². The molecule has 3 aromatic rings. The lowest BCUT2D eigenvalue weighted by Gasteiger charge is -2.05. The van der Waals surface area contributed by atoms with Crippen LogP contribution in [0.25, 0.3) is 10.2 Å². The molecule has 0 aliphatic heterocycles. The van der Waals surface area contributed by atoms with E-state index >= 15 is 0 Å². The molecule has 0 bridgehead atoms. The number of carbonyl (C=O) groups is 2. The molecule has 8 heteroatoms. The highest BCUT2D eigenvalue weighted by Gasteiger charge is 2.13. The van der Waals surface area contributed by atoms with Crippen LogP contribution in [0.1, 0.15) is 24.2 Å². The molecule has 0 aliphatic carbocycles. The number of aromatic nitrogens is 1. The number of fused-ring (bicyclic) bond motifs is 1. The Morgan fingerprint density at radius 2 is 1.86 bits per heavy atom. The van der Waals surface area contributed by atoms with E-state index in [0.717, 1.165) is 15.1 Å². The zero-order valence-corrected chi connectivity index (χ0v) is 18.3. The summed E-state index contributed by atoms with van der Waals surface area (Å²) in [7, 11) is 2.92. The molecular weight excluding hydrogens is 408 g/mol. The Morgan fingerprint density at radius 1 is 1.14 bits per heavy atom. The minimum Gasteiger partial charge on any atom is -0.497 e. The van der Waals surface area contributed by atoms with E-state index in [1.807, 2.05) is 24.3 Å². The van der Waals surface area contributed by atoms with Gasteiger partial charge < -0.3 is 14.0 Å². The van der Waals surface area contributed by atoms with Gasteiger partial charge in [0.25, 0.3) is 5.91 Å². The van der Waals surface area contributed by atoms with Gasteiger partial charge in [-0.15, -0.1) is 11.8 Å². The molecule has 2 aromatic carbocycles. The second-order valence-corrected chi connectivity index (χ2v) is 9.15. The van der Waals surface area contributed by atoms with Crippen molar-refractivity contribution in [3.63, 3.8) is 0 Å². The molecule has 0 N–H and O–H groups in total. The number of nitrogens with zero attached hydrogens (tertiary/aromatic N) is 2. The van der Waals surface area contributed by atoms with Crippen molar-refractivity contribution in [1.29, 1.82) is 0 Å². The minimum absolute atomic E-state index is 0.0289. The lowest BCUT2D eigenvalue weighted by Crippen LogP contribution is -2.22. The van der Waals surface area contributed by atoms with Crippen molar-refractivity contribution in [3.05, 3.63) is 52.8 Å². The Labute approximate surface area is 177 Å². The summed E-state index contributed by atoms with van der Waals surface area (Å²) in [5.74, 6) is -0.0761. The van der Waals surface area contributed by atoms with Gasteiger partial charge >= 0.3 is 5.97 Å². The third-order valence-electron chi connectivity index (χ3n) is 4.08. The average Bonchev–Trinajstić information content (AvgIpc) is 3.03. The van der Waals surface area contributed by atoms with E-state index in [-0.39, 0.29) is 12.5 Å². The maximum absolute atomic E-state index is 12.7. The van der Waals surface area contributed by atoms with Gasteiger partial charge in [0.15, 0.2) is 4.80 Å². The zero-order chi connectivity index (χ0) is 21.0. The van der Waals surface area contributed by atoms with E-state index < -0.39 is 5.97 Å². The molecule has 3 rings (SSSR count). The van der Waals surface area contributed by atoms with Gasteiger partial charge in [0.2, 0.25) is 0 Å². The Hall–Kier alpha value is -2.58. The summed E-state index contributed by atoms with van der Waals surface area (Å²) >= 11 is 3.06. The molecule has 0 unspecified atom stereocenters. The standard InChI is InChI=1S/C21H22N2O4S2/c1-13(2)28-16-8-5-14(6-9-16)20(25)22-21-23(12-19(24)27-4)17-10-7-15(26-3)11-18(17)29-21/h5-11,13H,12H2,1-4H3. The first kappa shape index (κ1) is 21.1. The summed E-state index contributed by atoms with van der Waals surface area (Å²) in [6, 6.07) is 12.9. The average molecular weight is 431 g/mol. The summed E-state index contributed by atoms with van der Waals surface area (Å²) in [5, 5.41) is 0.467. The normalized spacial score (nSPS) is 11.8. The van der Waals surface area contributed by atoms with Crippen molar-refractivity contribution in [2.24, 2.45) is 4.99 Å². The number of benzene rings is 2. The Bertz CT molecular complexity index is 1100. The molecule has 1 heterocycles. The number of methoxy groups -OCH3 is 2. The number of hydrogen-bond acceptors (Lipinski definition) is 6. The molecule has 0 saturated carbocycles. The fraction of sp³-hybridized carbons (Fsp3) is 0.286. The van der Waals surface area contributed by atoms with Crippen LogP contribution in [0.5, 0.6) is 5.75 Å². The van der Waals surface area contributed by atoms with E-state index in [9.17, 15) is 9.59 Å². The third-order valence-corrected chi connectivity index (χ3v) is 6.13. The van der Waals surface area contributed by atoms with Gasteiger partial charge in [-0.25, -0.2) is 0 Å². The largest absolute Gasteiger partial charge is 0.497 e. The van der Waals surface area contributed by atoms with Gasteiger partial charge in [-0.05, 0) is 42.5 Å². The molecular formula is C21H22N2O4S2. The summed E-state index contributed by atoms with van der Waals surface area (Å²) in [6.07, 6.45) is 0. The van der Waals surface area contributed by atoms with Gasteiger partial charge in [-0.2, -0.15) is 4.99 Å². The van der Waals surface area contributed by atoms with Crippen LogP contribution in [0.3, 0.4) is 0 Å². The van der Waals surface area contributed by atoms with Crippen molar-refractivity contribution in [2.45, 2.75) is 30.5 Å². The predicted octanol–water partition coefficient (Wildman–Crippen LogP) is 4.13. The van der Waals surface area contributed by atoms with Gasteiger partial charge in [-0.3, -0.25) is 9.59 Å². The highest BCUT2D eigenvalue weighted by molar-refractivity contribution is 7.99. The third kappa shape index (κ3) is 5.07. The number of carbonyl (C=O) groups excluding carboxylic acids is 2. The van der Waals surface area contributed by atoms with Gasteiger partial charge in [-0.1, -0.05) is 25.2 Å². The van der Waals surface area contributed by atoms with E-state index in [4.69, 9.17) is 9.47 Å². The molecule has 1 amide bonds. The Morgan fingerprint density at radius 3 is 2.48 bits per heavy atom. The van der Waals surface area contributed by atoms with Crippen LogP contribution in [0.2, 0.25) is 0 Å². The highest BCUT2D eigenvalue weighted by atomic mass is 32.2. The molecule has 0 saturated heterocycles. The van der Waals surface area contributed by atoms with Crippen LogP contribution in [0.4, 0.5) is 0 Å². The van der Waals surface area contributed by atoms with E-state index in [2.05, 4.69) is 18.8 Å². The topological polar surface area (TPSA) is 69.9 Å². The quantitative estimate of drug-likeness (QED) is 0.434.